The van der Waals surface area contributed by atoms with Crippen LogP contribution in [0.5, 0.6) is 0 Å². The molecule has 2 rings (SSSR count). The van der Waals surface area contributed by atoms with Gasteiger partial charge in [0.15, 0.2) is 4.64 Å². The summed E-state index contributed by atoms with van der Waals surface area (Å²) in [6.45, 7) is 4.28. The maximum Gasteiger partial charge on any atom is 0.290 e. The minimum atomic E-state index is -0.195. The van der Waals surface area contributed by atoms with Crippen molar-refractivity contribution >= 4 is 12.2 Å². The smallest absolute Gasteiger partial charge is 0.290 e. The SMILES string of the molecule is CC(C)c1ccc(-n2cc[nH]c(=S)c2=O)cc1. The van der Waals surface area contributed by atoms with Crippen molar-refractivity contribution in [2.24, 2.45) is 0 Å². The molecule has 0 atom stereocenters. The summed E-state index contributed by atoms with van der Waals surface area (Å²) in [6.07, 6.45) is 3.35. The highest BCUT2D eigenvalue weighted by Crippen LogP contribution is 2.15. The second kappa shape index (κ2) is 4.67. The van der Waals surface area contributed by atoms with Crippen LogP contribution in [0.2, 0.25) is 0 Å². The number of aromatic amines is 1. The molecule has 88 valence electrons. The lowest BCUT2D eigenvalue weighted by atomic mass is 10.0. The van der Waals surface area contributed by atoms with Crippen molar-refractivity contribution < 1.29 is 0 Å². The Balaban J connectivity index is 2.51. The Morgan fingerprint density at radius 2 is 1.88 bits per heavy atom. The minimum absolute atomic E-state index is 0.195. The fourth-order valence-corrected chi connectivity index (χ4v) is 1.82. The molecule has 0 spiro atoms. The van der Waals surface area contributed by atoms with E-state index in [9.17, 15) is 4.79 Å². The number of nitrogens with zero attached hydrogens (tertiary/aromatic N) is 1. The first-order valence-corrected chi connectivity index (χ1v) is 5.91. The first-order valence-electron chi connectivity index (χ1n) is 5.50. The summed E-state index contributed by atoms with van der Waals surface area (Å²) in [5.74, 6) is 0.486. The van der Waals surface area contributed by atoms with Crippen LogP contribution in [0.1, 0.15) is 25.3 Å². The topological polar surface area (TPSA) is 37.8 Å². The van der Waals surface area contributed by atoms with E-state index >= 15 is 0 Å². The van der Waals surface area contributed by atoms with Crippen molar-refractivity contribution in [2.45, 2.75) is 19.8 Å². The van der Waals surface area contributed by atoms with Crippen LogP contribution in [0.3, 0.4) is 0 Å². The second-order valence-electron chi connectivity index (χ2n) is 4.21. The zero-order valence-corrected chi connectivity index (χ0v) is 10.6. The molecular formula is C13H14N2OS. The third kappa shape index (κ3) is 2.36. The number of hydrogen-bond acceptors (Lipinski definition) is 2. The average Bonchev–Trinajstić information content (AvgIpc) is 2.33. The largest absolute Gasteiger partial charge is 0.347 e. The molecule has 0 radical (unpaired) electrons. The minimum Gasteiger partial charge on any atom is -0.347 e. The number of nitrogens with one attached hydrogen (secondary N) is 1. The number of H-pyrrole nitrogens is 1. The van der Waals surface area contributed by atoms with Crippen LogP contribution in [0.25, 0.3) is 5.69 Å². The molecule has 1 aromatic carbocycles. The summed E-state index contributed by atoms with van der Waals surface area (Å²) in [4.78, 5) is 14.5. The fraction of sp³-hybridized carbons (Fsp3) is 0.231. The van der Waals surface area contributed by atoms with E-state index < -0.39 is 0 Å². The van der Waals surface area contributed by atoms with Gasteiger partial charge in [-0.1, -0.05) is 38.2 Å². The predicted octanol–water partition coefficient (Wildman–Crippen LogP) is 3.02. The summed E-state index contributed by atoms with van der Waals surface area (Å²) in [7, 11) is 0. The van der Waals surface area contributed by atoms with Crippen LogP contribution in [-0.4, -0.2) is 9.55 Å². The normalized spacial score (nSPS) is 10.8. The quantitative estimate of drug-likeness (QED) is 0.827. The Bertz CT molecular complexity index is 623. The van der Waals surface area contributed by atoms with E-state index in [1.807, 2.05) is 24.3 Å². The van der Waals surface area contributed by atoms with Gasteiger partial charge in [0, 0.05) is 18.1 Å². The van der Waals surface area contributed by atoms with Crippen molar-refractivity contribution in [3.05, 3.63) is 57.2 Å². The molecule has 3 nitrogen and oxygen atoms in total. The number of rotatable bonds is 2. The molecule has 0 aliphatic carbocycles. The van der Waals surface area contributed by atoms with Crippen LogP contribution in [-0.2, 0) is 0 Å². The molecule has 0 unspecified atom stereocenters. The van der Waals surface area contributed by atoms with Crippen LogP contribution in [0, 0.1) is 4.64 Å². The van der Waals surface area contributed by atoms with Gasteiger partial charge in [0.05, 0.1) is 0 Å². The van der Waals surface area contributed by atoms with Gasteiger partial charge >= 0.3 is 0 Å². The molecule has 1 N–H and O–H groups in total. The van der Waals surface area contributed by atoms with Crippen molar-refractivity contribution in [3.63, 3.8) is 0 Å². The zero-order chi connectivity index (χ0) is 12.4. The Morgan fingerprint density at radius 3 is 2.47 bits per heavy atom. The molecule has 0 saturated carbocycles. The first kappa shape index (κ1) is 11.8. The summed E-state index contributed by atoms with van der Waals surface area (Å²) < 4.78 is 1.77. The molecule has 1 heterocycles. The molecule has 1 aromatic heterocycles. The van der Waals surface area contributed by atoms with Gasteiger partial charge in [0.1, 0.15) is 0 Å². The monoisotopic (exact) mass is 246 g/mol. The molecule has 0 aliphatic rings. The highest BCUT2D eigenvalue weighted by Gasteiger charge is 2.02. The molecule has 0 amide bonds. The third-order valence-corrected chi connectivity index (χ3v) is 2.98. The molecule has 0 saturated heterocycles. The lowest BCUT2D eigenvalue weighted by Crippen LogP contribution is -2.18. The predicted molar refractivity (Wildman–Crippen MR) is 71.3 cm³/mol. The van der Waals surface area contributed by atoms with Crippen LogP contribution in [0.15, 0.2) is 41.5 Å². The van der Waals surface area contributed by atoms with Gasteiger partial charge in [0.25, 0.3) is 5.56 Å². The van der Waals surface area contributed by atoms with Gasteiger partial charge in [-0.05, 0) is 23.6 Å². The number of aromatic nitrogens is 2. The molecular weight excluding hydrogens is 232 g/mol. The molecule has 4 heteroatoms. The van der Waals surface area contributed by atoms with Crippen LogP contribution in [0.4, 0.5) is 0 Å². The van der Waals surface area contributed by atoms with E-state index in [2.05, 4.69) is 18.8 Å². The van der Waals surface area contributed by atoms with Crippen LogP contribution < -0.4 is 5.56 Å². The highest BCUT2D eigenvalue weighted by molar-refractivity contribution is 7.71. The van der Waals surface area contributed by atoms with Crippen molar-refractivity contribution in [1.82, 2.24) is 9.55 Å². The second-order valence-corrected chi connectivity index (χ2v) is 4.62. The maximum absolute atomic E-state index is 11.8. The lowest BCUT2D eigenvalue weighted by molar-refractivity contribution is 0.863. The zero-order valence-electron chi connectivity index (χ0n) is 9.81. The Kier molecular flexibility index (Phi) is 3.24. The molecule has 0 aliphatic heterocycles. The number of benzene rings is 1. The van der Waals surface area contributed by atoms with E-state index in [4.69, 9.17) is 12.2 Å². The van der Waals surface area contributed by atoms with Gasteiger partial charge in [0.2, 0.25) is 0 Å². The lowest BCUT2D eigenvalue weighted by Gasteiger charge is -2.08. The van der Waals surface area contributed by atoms with Gasteiger partial charge < -0.3 is 4.98 Å². The van der Waals surface area contributed by atoms with Gasteiger partial charge in [-0.25, -0.2) is 0 Å². The van der Waals surface area contributed by atoms with Gasteiger partial charge in [-0.15, -0.1) is 0 Å². The van der Waals surface area contributed by atoms with E-state index in [1.165, 1.54) is 5.56 Å². The number of hydrogen-bond donors (Lipinski definition) is 1. The van der Waals surface area contributed by atoms with E-state index in [1.54, 1.807) is 17.0 Å². The summed E-state index contributed by atoms with van der Waals surface area (Å²) in [6, 6.07) is 7.94. The Morgan fingerprint density at radius 1 is 1.24 bits per heavy atom. The first-order chi connectivity index (χ1) is 8.09. The van der Waals surface area contributed by atoms with E-state index in [-0.39, 0.29) is 10.2 Å². The van der Waals surface area contributed by atoms with E-state index in [0.717, 1.165) is 5.69 Å². The Labute approximate surface area is 105 Å². The third-order valence-electron chi connectivity index (χ3n) is 2.69. The van der Waals surface area contributed by atoms with Crippen molar-refractivity contribution in [2.75, 3.05) is 0 Å². The average molecular weight is 246 g/mol. The Hall–Kier alpha value is -1.68. The molecule has 17 heavy (non-hydrogen) atoms. The van der Waals surface area contributed by atoms with Gasteiger partial charge in [-0.3, -0.25) is 9.36 Å². The standard InChI is InChI=1S/C13H14N2OS/c1-9(2)10-3-5-11(6-4-10)15-8-7-14-12(17)13(15)16/h3-9H,1-2H3,(H,14,17). The van der Waals surface area contributed by atoms with Crippen molar-refractivity contribution in [1.29, 1.82) is 0 Å². The summed E-state index contributed by atoms with van der Waals surface area (Å²) >= 11 is 4.92. The maximum atomic E-state index is 11.8. The van der Waals surface area contributed by atoms with Crippen LogP contribution >= 0.6 is 12.2 Å². The van der Waals surface area contributed by atoms with E-state index in [0.29, 0.717) is 5.92 Å². The van der Waals surface area contributed by atoms with Crippen molar-refractivity contribution in [3.8, 4) is 5.69 Å². The summed E-state index contributed by atoms with van der Waals surface area (Å²) in [5.41, 5.74) is 1.89. The van der Waals surface area contributed by atoms with Gasteiger partial charge in [-0.2, -0.15) is 0 Å². The highest BCUT2D eigenvalue weighted by atomic mass is 32.1. The molecule has 0 fully saturated rings. The molecule has 2 aromatic rings. The summed E-state index contributed by atoms with van der Waals surface area (Å²) in [5, 5.41) is 0. The fourth-order valence-electron chi connectivity index (χ4n) is 1.65. The molecule has 0 bridgehead atoms.